The summed E-state index contributed by atoms with van der Waals surface area (Å²) < 4.78 is 13.0. The van der Waals surface area contributed by atoms with Gasteiger partial charge in [-0.3, -0.25) is 9.89 Å². The van der Waals surface area contributed by atoms with Gasteiger partial charge in [-0.25, -0.2) is 4.98 Å². The minimum Gasteiger partial charge on any atom is -0.360 e. The number of aromatic nitrogens is 4. The third-order valence-corrected chi connectivity index (χ3v) is 4.82. The highest BCUT2D eigenvalue weighted by Crippen LogP contribution is 2.29. The number of hydrogen-bond acceptors (Lipinski definition) is 3. The molecule has 2 N–H and O–H groups in total. The molecule has 6 nitrogen and oxygen atoms in total. The van der Waals surface area contributed by atoms with Crippen molar-refractivity contribution < 1.29 is 9.18 Å². The smallest absolute Gasteiger partial charge is 0.255 e. The Morgan fingerprint density at radius 3 is 2.96 bits per heavy atom. The number of nitrogens with zero attached hydrogens (tertiary/aromatic N) is 3. The summed E-state index contributed by atoms with van der Waals surface area (Å²) >= 11 is 0. The maximum absolute atomic E-state index is 13.0. The number of rotatable bonds is 3. The minimum absolute atomic E-state index is 0.109. The maximum atomic E-state index is 13.0. The number of aryl methyl sites for hydroxylation is 1. The number of carbonyl (C=O) groups excluding carboxylic acids is 1. The number of aromatic amines is 2. The van der Waals surface area contributed by atoms with Crippen LogP contribution in [0.25, 0.3) is 11.4 Å². The fourth-order valence-corrected chi connectivity index (χ4v) is 3.43. The van der Waals surface area contributed by atoms with Crippen molar-refractivity contribution in [3.8, 4) is 11.4 Å². The molecule has 0 radical (unpaired) electrons. The summed E-state index contributed by atoms with van der Waals surface area (Å²) in [5.41, 5.74) is 4.46. The van der Waals surface area contributed by atoms with E-state index in [0.717, 1.165) is 35.5 Å². The van der Waals surface area contributed by atoms with Crippen molar-refractivity contribution >= 4 is 5.91 Å². The topological polar surface area (TPSA) is 77.7 Å². The summed E-state index contributed by atoms with van der Waals surface area (Å²) in [4.78, 5) is 21.2. The van der Waals surface area contributed by atoms with E-state index >= 15 is 0 Å². The summed E-state index contributed by atoms with van der Waals surface area (Å²) in [6.45, 7) is 3.34. The van der Waals surface area contributed by atoms with Crippen molar-refractivity contribution in [1.82, 2.24) is 25.1 Å². The van der Waals surface area contributed by atoms with Gasteiger partial charge in [0.1, 0.15) is 5.69 Å². The monoisotopic (exact) mass is 353 g/mol. The fourth-order valence-electron chi connectivity index (χ4n) is 3.43. The fraction of sp³-hybridized carbons (Fsp3) is 0.316. The van der Waals surface area contributed by atoms with Crippen LogP contribution in [0.1, 0.15) is 40.4 Å². The third kappa shape index (κ3) is 3.24. The normalized spacial score (nSPS) is 17.5. The number of likely N-dealkylation sites (tertiary alicyclic amines) is 1. The molecule has 4 heterocycles. The van der Waals surface area contributed by atoms with Crippen LogP contribution in [0.15, 0.2) is 36.7 Å². The Labute approximate surface area is 150 Å². The molecular weight excluding hydrogens is 333 g/mol. The van der Waals surface area contributed by atoms with E-state index in [1.165, 1.54) is 18.3 Å². The molecule has 1 aliphatic rings. The SMILES string of the molecule is Cc1c[nH]c(-c2cc([C@H]3CCCN(C(=O)c4ccc(F)nc4)C3)[nH]n2)c1. The third-order valence-electron chi connectivity index (χ3n) is 4.82. The highest BCUT2D eigenvalue weighted by atomic mass is 19.1. The Morgan fingerprint density at radius 1 is 1.35 bits per heavy atom. The molecule has 0 unspecified atom stereocenters. The summed E-state index contributed by atoms with van der Waals surface area (Å²) in [6, 6.07) is 6.80. The zero-order chi connectivity index (χ0) is 18.1. The zero-order valence-corrected chi connectivity index (χ0v) is 14.5. The standard InChI is InChI=1S/C19H20FN5O/c1-12-7-16(21-9-12)17-8-15(23-24-17)14-3-2-6-25(11-14)19(26)13-4-5-18(20)22-10-13/h4-5,7-10,14,21H,2-3,6,11H2,1H3,(H,23,24)/t14-/m0/s1. The van der Waals surface area contributed by atoms with Gasteiger partial charge < -0.3 is 9.88 Å². The lowest BCUT2D eigenvalue weighted by Crippen LogP contribution is -2.39. The molecule has 4 rings (SSSR count). The predicted octanol–water partition coefficient (Wildman–Crippen LogP) is 3.27. The maximum Gasteiger partial charge on any atom is 0.255 e. The Kier molecular flexibility index (Phi) is 4.28. The second-order valence-corrected chi connectivity index (χ2v) is 6.76. The van der Waals surface area contributed by atoms with E-state index < -0.39 is 5.95 Å². The van der Waals surface area contributed by atoms with E-state index in [0.29, 0.717) is 18.7 Å². The van der Waals surface area contributed by atoms with Gasteiger partial charge in [0.05, 0.1) is 11.3 Å². The lowest BCUT2D eigenvalue weighted by Gasteiger charge is -2.32. The van der Waals surface area contributed by atoms with Crippen LogP contribution < -0.4 is 0 Å². The molecule has 0 aliphatic carbocycles. The second kappa shape index (κ2) is 6.74. The average Bonchev–Trinajstić information content (AvgIpc) is 3.31. The largest absolute Gasteiger partial charge is 0.360 e. The number of amides is 1. The summed E-state index contributed by atoms with van der Waals surface area (Å²) in [5.74, 6) is -0.483. The van der Waals surface area contributed by atoms with Gasteiger partial charge in [-0.1, -0.05) is 0 Å². The van der Waals surface area contributed by atoms with Crippen LogP contribution in [-0.2, 0) is 0 Å². The number of halogens is 1. The highest BCUT2D eigenvalue weighted by Gasteiger charge is 2.27. The van der Waals surface area contributed by atoms with Crippen molar-refractivity contribution in [2.75, 3.05) is 13.1 Å². The first-order valence-electron chi connectivity index (χ1n) is 8.71. The Hall–Kier alpha value is -2.96. The lowest BCUT2D eigenvalue weighted by atomic mass is 9.94. The number of pyridine rings is 1. The molecule has 3 aromatic heterocycles. The van der Waals surface area contributed by atoms with Crippen LogP contribution in [0.2, 0.25) is 0 Å². The molecule has 1 amide bonds. The predicted molar refractivity (Wildman–Crippen MR) is 95.2 cm³/mol. The van der Waals surface area contributed by atoms with Crippen LogP contribution in [-0.4, -0.2) is 44.1 Å². The van der Waals surface area contributed by atoms with Gasteiger partial charge in [-0.2, -0.15) is 9.49 Å². The molecule has 1 atom stereocenters. The van der Waals surface area contributed by atoms with Gasteiger partial charge >= 0.3 is 0 Å². The Morgan fingerprint density at radius 2 is 2.23 bits per heavy atom. The van der Waals surface area contributed by atoms with Crippen LogP contribution in [0.3, 0.4) is 0 Å². The summed E-state index contributed by atoms with van der Waals surface area (Å²) in [5, 5.41) is 7.52. The van der Waals surface area contributed by atoms with Gasteiger partial charge in [0.25, 0.3) is 5.91 Å². The molecule has 0 aromatic carbocycles. The zero-order valence-electron chi connectivity index (χ0n) is 14.5. The molecular formula is C19H20FN5O. The number of hydrogen-bond donors (Lipinski definition) is 2. The van der Waals surface area contributed by atoms with Crippen molar-refractivity contribution in [3.63, 3.8) is 0 Å². The van der Waals surface area contributed by atoms with E-state index in [1.54, 1.807) is 0 Å². The van der Waals surface area contributed by atoms with E-state index in [4.69, 9.17) is 0 Å². The molecule has 3 aromatic rings. The molecule has 134 valence electrons. The van der Waals surface area contributed by atoms with Crippen LogP contribution >= 0.6 is 0 Å². The average molecular weight is 353 g/mol. The van der Waals surface area contributed by atoms with Crippen LogP contribution in [0.4, 0.5) is 4.39 Å². The first-order chi connectivity index (χ1) is 12.6. The van der Waals surface area contributed by atoms with Gasteiger partial charge in [-0.05, 0) is 49.6 Å². The van der Waals surface area contributed by atoms with Crippen molar-refractivity contribution in [2.24, 2.45) is 0 Å². The van der Waals surface area contributed by atoms with Gasteiger partial charge in [0.15, 0.2) is 0 Å². The summed E-state index contributed by atoms with van der Waals surface area (Å²) in [7, 11) is 0. The van der Waals surface area contributed by atoms with Crippen LogP contribution in [0.5, 0.6) is 0 Å². The molecule has 0 spiro atoms. The molecule has 7 heteroatoms. The van der Waals surface area contributed by atoms with Crippen molar-refractivity contribution in [2.45, 2.75) is 25.7 Å². The molecule has 26 heavy (non-hydrogen) atoms. The van der Waals surface area contributed by atoms with Crippen molar-refractivity contribution in [3.05, 3.63) is 59.4 Å². The van der Waals surface area contributed by atoms with Crippen LogP contribution in [0, 0.1) is 12.9 Å². The van der Waals surface area contributed by atoms with Gasteiger partial charge in [0.2, 0.25) is 5.95 Å². The minimum atomic E-state index is -0.581. The number of nitrogens with one attached hydrogen (secondary N) is 2. The molecule has 1 aliphatic heterocycles. The summed E-state index contributed by atoms with van der Waals surface area (Å²) in [6.07, 6.45) is 5.16. The molecule has 0 saturated carbocycles. The number of H-pyrrole nitrogens is 2. The number of piperidine rings is 1. The van der Waals surface area contributed by atoms with E-state index in [1.807, 2.05) is 24.1 Å². The first-order valence-corrected chi connectivity index (χ1v) is 8.71. The highest BCUT2D eigenvalue weighted by molar-refractivity contribution is 5.94. The first kappa shape index (κ1) is 16.5. The Balaban J connectivity index is 1.49. The van der Waals surface area contributed by atoms with E-state index in [9.17, 15) is 9.18 Å². The molecule has 0 bridgehead atoms. The quantitative estimate of drug-likeness (QED) is 0.710. The lowest BCUT2D eigenvalue weighted by molar-refractivity contribution is 0.0705. The molecule has 1 saturated heterocycles. The van der Waals surface area contributed by atoms with E-state index in [2.05, 4.69) is 26.2 Å². The van der Waals surface area contributed by atoms with Crippen molar-refractivity contribution in [1.29, 1.82) is 0 Å². The second-order valence-electron chi connectivity index (χ2n) is 6.76. The Bertz CT molecular complexity index is 914. The van der Waals surface area contributed by atoms with Gasteiger partial charge in [0, 0.05) is 37.1 Å². The number of carbonyl (C=O) groups is 1. The molecule has 1 fully saturated rings. The van der Waals surface area contributed by atoms with Gasteiger partial charge in [-0.15, -0.1) is 0 Å². The van der Waals surface area contributed by atoms with E-state index in [-0.39, 0.29) is 11.8 Å².